The average Bonchev–Trinajstić information content (AvgIpc) is 3.28. The van der Waals surface area contributed by atoms with Crippen molar-refractivity contribution in [3.05, 3.63) is 64.7 Å². The largest absolute Gasteiger partial charge is 0.367 e. The van der Waals surface area contributed by atoms with Crippen LogP contribution in [0.4, 0.5) is 5.69 Å². The lowest BCUT2D eigenvalue weighted by molar-refractivity contribution is -0.131. The van der Waals surface area contributed by atoms with E-state index in [2.05, 4.69) is 69.0 Å². The molecule has 0 spiro atoms. The number of carbonyl (C=O) groups excluding carboxylic acids is 1. The number of hydrogen-bond acceptors (Lipinski definition) is 3. The molecule has 1 saturated heterocycles. The summed E-state index contributed by atoms with van der Waals surface area (Å²) >= 11 is 6.00. The maximum Gasteiger partial charge on any atom is 0.239 e. The van der Waals surface area contributed by atoms with Gasteiger partial charge in [-0.1, -0.05) is 63.6 Å². The number of carbonyl (C=O) groups is 1. The topological polar surface area (TPSA) is 49.6 Å². The molecule has 1 heterocycles. The van der Waals surface area contributed by atoms with Gasteiger partial charge in [0.2, 0.25) is 5.91 Å². The molecule has 1 fully saturated rings. The Labute approximate surface area is 211 Å². The highest BCUT2D eigenvalue weighted by molar-refractivity contribution is 6.30. The lowest BCUT2D eigenvalue weighted by Crippen LogP contribution is -2.45. The van der Waals surface area contributed by atoms with E-state index in [0.717, 1.165) is 56.8 Å². The van der Waals surface area contributed by atoms with Gasteiger partial charge in [-0.2, -0.15) is 0 Å². The van der Waals surface area contributed by atoms with Gasteiger partial charge in [0.1, 0.15) is 0 Å². The standard InChI is InChI=1S/C29H42ClN3O/c1-21(2)15-18-33(27-16-17-32(20-27)29(34)28(31)19-22(3)4)26-13-9-24(10-14-26)6-5-23-7-11-25(30)12-8-23/h7-14,21-22,27-28H,5-6,15-20,31H2,1-4H3/t27-,28?/m0/s1. The van der Waals surface area contributed by atoms with Crippen molar-refractivity contribution in [2.45, 2.75) is 71.9 Å². The molecule has 1 unspecified atom stereocenters. The van der Waals surface area contributed by atoms with E-state index in [1.54, 1.807) is 0 Å². The first-order valence-corrected chi connectivity index (χ1v) is 13.2. The molecule has 186 valence electrons. The SMILES string of the molecule is CC(C)CCN(c1ccc(CCc2ccc(Cl)cc2)cc1)[C@H]1CCN(C(=O)C(N)CC(C)C)C1. The number of nitrogens with two attached hydrogens (primary N) is 1. The molecular weight excluding hydrogens is 442 g/mol. The maximum absolute atomic E-state index is 12.9. The minimum absolute atomic E-state index is 0.109. The molecule has 4 nitrogen and oxygen atoms in total. The van der Waals surface area contributed by atoms with Crippen LogP contribution in [0.15, 0.2) is 48.5 Å². The van der Waals surface area contributed by atoms with Crippen molar-refractivity contribution >= 4 is 23.2 Å². The number of rotatable bonds is 11. The fourth-order valence-corrected chi connectivity index (χ4v) is 4.88. The minimum Gasteiger partial charge on any atom is -0.367 e. The first-order valence-electron chi connectivity index (χ1n) is 12.9. The van der Waals surface area contributed by atoms with Crippen LogP contribution >= 0.6 is 11.6 Å². The summed E-state index contributed by atoms with van der Waals surface area (Å²) in [7, 11) is 0. The zero-order valence-electron chi connectivity index (χ0n) is 21.3. The van der Waals surface area contributed by atoms with Crippen LogP contribution in [-0.2, 0) is 17.6 Å². The third-order valence-corrected chi connectivity index (χ3v) is 7.04. The van der Waals surface area contributed by atoms with E-state index in [9.17, 15) is 4.79 Å². The van der Waals surface area contributed by atoms with Crippen molar-refractivity contribution in [1.29, 1.82) is 0 Å². The summed E-state index contributed by atoms with van der Waals surface area (Å²) in [6.07, 6.45) is 4.89. The molecule has 0 bridgehead atoms. The van der Waals surface area contributed by atoms with Crippen molar-refractivity contribution in [2.24, 2.45) is 17.6 Å². The van der Waals surface area contributed by atoms with Gasteiger partial charge < -0.3 is 15.5 Å². The van der Waals surface area contributed by atoms with Crippen molar-refractivity contribution in [3.8, 4) is 0 Å². The smallest absolute Gasteiger partial charge is 0.239 e. The first-order chi connectivity index (χ1) is 16.2. The van der Waals surface area contributed by atoms with E-state index in [0.29, 0.717) is 17.9 Å². The quantitative estimate of drug-likeness (QED) is 0.429. The molecule has 2 atom stereocenters. The molecule has 34 heavy (non-hydrogen) atoms. The number of likely N-dealkylation sites (tertiary alicyclic amines) is 1. The summed E-state index contributed by atoms with van der Waals surface area (Å²) in [6, 6.07) is 17.1. The highest BCUT2D eigenvalue weighted by Crippen LogP contribution is 2.26. The number of nitrogens with zero attached hydrogens (tertiary/aromatic N) is 2. The van der Waals surface area contributed by atoms with Gasteiger partial charge in [0, 0.05) is 36.4 Å². The Morgan fingerprint density at radius 1 is 1.00 bits per heavy atom. The molecule has 2 N–H and O–H groups in total. The molecular formula is C29H42ClN3O. The number of anilines is 1. The minimum atomic E-state index is -0.386. The van der Waals surface area contributed by atoms with Crippen molar-refractivity contribution in [2.75, 3.05) is 24.5 Å². The second kappa shape index (κ2) is 12.6. The zero-order valence-corrected chi connectivity index (χ0v) is 22.1. The van der Waals surface area contributed by atoms with E-state index in [-0.39, 0.29) is 11.9 Å². The van der Waals surface area contributed by atoms with Gasteiger partial charge >= 0.3 is 0 Å². The summed E-state index contributed by atoms with van der Waals surface area (Å²) < 4.78 is 0. The van der Waals surface area contributed by atoms with E-state index in [1.807, 2.05) is 17.0 Å². The summed E-state index contributed by atoms with van der Waals surface area (Å²) in [4.78, 5) is 17.4. The fourth-order valence-electron chi connectivity index (χ4n) is 4.75. The average molecular weight is 484 g/mol. The van der Waals surface area contributed by atoms with E-state index in [1.165, 1.54) is 16.8 Å². The Hall–Kier alpha value is -2.04. The van der Waals surface area contributed by atoms with Crippen LogP contribution in [0.3, 0.4) is 0 Å². The molecule has 1 amide bonds. The molecule has 1 aliphatic rings. The number of amides is 1. The number of halogens is 1. The lowest BCUT2D eigenvalue weighted by atomic mass is 10.0. The third-order valence-electron chi connectivity index (χ3n) is 6.79. The van der Waals surface area contributed by atoms with Gasteiger partial charge in [-0.25, -0.2) is 0 Å². The molecule has 0 aromatic heterocycles. The van der Waals surface area contributed by atoms with E-state index >= 15 is 0 Å². The Bertz CT molecular complexity index is 895. The van der Waals surface area contributed by atoms with Crippen LogP contribution in [-0.4, -0.2) is 42.5 Å². The summed E-state index contributed by atoms with van der Waals surface area (Å²) in [5.74, 6) is 1.18. The van der Waals surface area contributed by atoms with Gasteiger partial charge in [0.15, 0.2) is 0 Å². The predicted molar refractivity (Wildman–Crippen MR) is 145 cm³/mol. The summed E-state index contributed by atoms with van der Waals surface area (Å²) in [6.45, 7) is 11.3. The van der Waals surface area contributed by atoms with Crippen LogP contribution in [0, 0.1) is 11.8 Å². The first kappa shape index (κ1) is 26.6. The Morgan fingerprint density at radius 2 is 1.59 bits per heavy atom. The van der Waals surface area contributed by atoms with Crippen molar-refractivity contribution in [1.82, 2.24) is 4.90 Å². The third kappa shape index (κ3) is 7.74. The van der Waals surface area contributed by atoms with Crippen LogP contribution in [0.2, 0.25) is 5.02 Å². The Kier molecular flexibility index (Phi) is 9.85. The van der Waals surface area contributed by atoms with E-state index in [4.69, 9.17) is 17.3 Å². The van der Waals surface area contributed by atoms with Gasteiger partial charge in [0.25, 0.3) is 0 Å². The van der Waals surface area contributed by atoms with E-state index < -0.39 is 0 Å². The van der Waals surface area contributed by atoms with Gasteiger partial charge in [0.05, 0.1) is 6.04 Å². The van der Waals surface area contributed by atoms with Gasteiger partial charge in [-0.15, -0.1) is 0 Å². The second-order valence-electron chi connectivity index (χ2n) is 10.6. The Balaban J connectivity index is 1.64. The number of aryl methyl sites for hydroxylation is 2. The highest BCUT2D eigenvalue weighted by atomic mass is 35.5. The van der Waals surface area contributed by atoms with Crippen molar-refractivity contribution < 1.29 is 4.79 Å². The molecule has 3 rings (SSSR count). The predicted octanol–water partition coefficient (Wildman–Crippen LogP) is 5.95. The zero-order chi connectivity index (χ0) is 24.7. The maximum atomic E-state index is 12.9. The highest BCUT2D eigenvalue weighted by Gasteiger charge is 2.32. The number of hydrogen-bond donors (Lipinski definition) is 1. The number of benzene rings is 2. The van der Waals surface area contributed by atoms with Crippen LogP contribution in [0.25, 0.3) is 0 Å². The van der Waals surface area contributed by atoms with Crippen molar-refractivity contribution in [3.63, 3.8) is 0 Å². The second-order valence-corrected chi connectivity index (χ2v) is 11.1. The summed E-state index contributed by atoms with van der Waals surface area (Å²) in [5.41, 5.74) is 10.1. The molecule has 0 saturated carbocycles. The molecule has 1 aliphatic heterocycles. The molecule has 0 radical (unpaired) electrons. The van der Waals surface area contributed by atoms with Gasteiger partial charge in [-0.05, 0) is 79.3 Å². The molecule has 5 heteroatoms. The Morgan fingerprint density at radius 3 is 2.15 bits per heavy atom. The van der Waals surface area contributed by atoms with Crippen LogP contribution < -0.4 is 10.6 Å². The summed E-state index contributed by atoms with van der Waals surface area (Å²) in [5, 5.41) is 0.781. The fraction of sp³-hybridized carbons (Fsp3) is 0.552. The van der Waals surface area contributed by atoms with Gasteiger partial charge in [-0.3, -0.25) is 4.79 Å². The lowest BCUT2D eigenvalue weighted by Gasteiger charge is -2.32. The van der Waals surface area contributed by atoms with Crippen LogP contribution in [0.1, 0.15) is 58.1 Å². The molecule has 2 aromatic carbocycles. The molecule has 0 aliphatic carbocycles. The monoisotopic (exact) mass is 483 g/mol. The molecule has 2 aromatic rings. The normalized spacial score (nSPS) is 16.9. The van der Waals surface area contributed by atoms with Crippen LogP contribution in [0.5, 0.6) is 0 Å².